The summed E-state index contributed by atoms with van der Waals surface area (Å²) in [5.41, 5.74) is 1.44. The van der Waals surface area contributed by atoms with Gasteiger partial charge < -0.3 is 15.3 Å². The van der Waals surface area contributed by atoms with Gasteiger partial charge in [-0.05, 0) is 37.3 Å². The van der Waals surface area contributed by atoms with Crippen LogP contribution in [0.5, 0.6) is 0 Å². The van der Waals surface area contributed by atoms with Gasteiger partial charge in [0.05, 0.1) is 11.9 Å². The fourth-order valence-electron chi connectivity index (χ4n) is 2.49. The number of nitrogens with one attached hydrogen (secondary N) is 1. The van der Waals surface area contributed by atoms with E-state index in [0.29, 0.717) is 11.6 Å². The van der Waals surface area contributed by atoms with Gasteiger partial charge in [-0.3, -0.25) is 4.79 Å². The molecule has 0 spiro atoms. The molecule has 1 atom stereocenters. The van der Waals surface area contributed by atoms with Crippen LogP contribution in [0.3, 0.4) is 0 Å². The van der Waals surface area contributed by atoms with Crippen molar-refractivity contribution in [2.75, 3.05) is 31.6 Å². The summed E-state index contributed by atoms with van der Waals surface area (Å²) in [5.74, 6) is 0.418. The Hall–Kier alpha value is -1.62. The SMILES string of the molecule is CCCNc1ccc(C(=O)N2CCC(CCO)C2)nc1. The van der Waals surface area contributed by atoms with Gasteiger partial charge in [-0.1, -0.05) is 6.92 Å². The number of carbonyl (C=O) groups is 1. The third kappa shape index (κ3) is 3.70. The van der Waals surface area contributed by atoms with E-state index in [2.05, 4.69) is 17.2 Å². The summed E-state index contributed by atoms with van der Waals surface area (Å²) in [7, 11) is 0. The molecule has 1 aromatic rings. The molecule has 0 radical (unpaired) electrons. The van der Waals surface area contributed by atoms with Crippen LogP contribution < -0.4 is 5.32 Å². The van der Waals surface area contributed by atoms with Gasteiger partial charge in [0.1, 0.15) is 5.69 Å². The number of pyridine rings is 1. The van der Waals surface area contributed by atoms with Crippen molar-refractivity contribution in [2.24, 2.45) is 5.92 Å². The molecule has 110 valence electrons. The highest BCUT2D eigenvalue weighted by molar-refractivity contribution is 5.92. The van der Waals surface area contributed by atoms with Gasteiger partial charge in [0.2, 0.25) is 0 Å². The maximum Gasteiger partial charge on any atom is 0.272 e. The summed E-state index contributed by atoms with van der Waals surface area (Å²) in [6.07, 6.45) is 4.52. The van der Waals surface area contributed by atoms with Crippen LogP contribution in [0, 0.1) is 5.92 Å². The molecule has 1 aromatic heterocycles. The lowest BCUT2D eigenvalue weighted by molar-refractivity contribution is 0.0779. The van der Waals surface area contributed by atoms with E-state index in [0.717, 1.165) is 44.6 Å². The maximum atomic E-state index is 12.3. The van der Waals surface area contributed by atoms with E-state index in [9.17, 15) is 4.79 Å². The lowest BCUT2D eigenvalue weighted by Gasteiger charge is -2.16. The van der Waals surface area contributed by atoms with Gasteiger partial charge in [0.15, 0.2) is 0 Å². The van der Waals surface area contributed by atoms with Crippen LogP contribution in [0.25, 0.3) is 0 Å². The van der Waals surface area contributed by atoms with Crippen molar-refractivity contribution in [3.05, 3.63) is 24.0 Å². The number of rotatable bonds is 6. The highest BCUT2D eigenvalue weighted by atomic mass is 16.3. The van der Waals surface area contributed by atoms with E-state index in [1.807, 2.05) is 11.0 Å². The first kappa shape index (κ1) is 14.8. The number of hydrogen-bond acceptors (Lipinski definition) is 4. The minimum absolute atomic E-state index is 0.00696. The first-order chi connectivity index (χ1) is 9.74. The average Bonchev–Trinajstić information content (AvgIpc) is 2.94. The summed E-state index contributed by atoms with van der Waals surface area (Å²) in [6, 6.07) is 3.68. The van der Waals surface area contributed by atoms with Gasteiger partial charge in [-0.2, -0.15) is 0 Å². The topological polar surface area (TPSA) is 65.5 Å². The zero-order valence-electron chi connectivity index (χ0n) is 12.0. The second-order valence-electron chi connectivity index (χ2n) is 5.28. The second kappa shape index (κ2) is 7.24. The molecule has 0 aliphatic carbocycles. The molecule has 1 saturated heterocycles. The van der Waals surface area contributed by atoms with Crippen LogP contribution in [0.2, 0.25) is 0 Å². The Morgan fingerprint density at radius 3 is 3.05 bits per heavy atom. The standard InChI is InChI=1S/C15H23N3O2/c1-2-7-16-13-3-4-14(17-10-13)15(20)18-8-5-12(11-18)6-9-19/h3-4,10,12,16,19H,2,5-9,11H2,1H3. The highest BCUT2D eigenvalue weighted by Gasteiger charge is 2.27. The number of aliphatic hydroxyl groups excluding tert-OH is 1. The number of aromatic nitrogens is 1. The van der Waals surface area contributed by atoms with Crippen molar-refractivity contribution in [2.45, 2.75) is 26.2 Å². The van der Waals surface area contributed by atoms with Crippen molar-refractivity contribution >= 4 is 11.6 Å². The maximum absolute atomic E-state index is 12.3. The molecule has 0 bridgehead atoms. The van der Waals surface area contributed by atoms with Crippen molar-refractivity contribution in [1.29, 1.82) is 0 Å². The van der Waals surface area contributed by atoms with Gasteiger partial charge >= 0.3 is 0 Å². The summed E-state index contributed by atoms with van der Waals surface area (Å²) < 4.78 is 0. The number of amides is 1. The molecule has 5 nitrogen and oxygen atoms in total. The number of carbonyl (C=O) groups excluding carboxylic acids is 1. The Labute approximate surface area is 120 Å². The molecular weight excluding hydrogens is 254 g/mol. The van der Waals surface area contributed by atoms with Gasteiger partial charge in [0.25, 0.3) is 5.91 Å². The molecule has 1 unspecified atom stereocenters. The predicted octanol–water partition coefficient (Wildman–Crippen LogP) is 1.75. The smallest absolute Gasteiger partial charge is 0.272 e. The molecule has 2 heterocycles. The summed E-state index contributed by atoms with van der Waals surface area (Å²) >= 11 is 0. The van der Waals surface area contributed by atoms with Gasteiger partial charge in [-0.25, -0.2) is 4.98 Å². The third-order valence-electron chi connectivity index (χ3n) is 3.67. The minimum atomic E-state index is -0.00696. The molecule has 1 fully saturated rings. The monoisotopic (exact) mass is 277 g/mol. The number of anilines is 1. The molecule has 0 aromatic carbocycles. The Morgan fingerprint density at radius 1 is 1.55 bits per heavy atom. The third-order valence-corrected chi connectivity index (χ3v) is 3.67. The molecule has 1 aliphatic rings. The number of aliphatic hydroxyl groups is 1. The Balaban J connectivity index is 1.92. The summed E-state index contributed by atoms with van der Waals surface area (Å²) in [5, 5.41) is 12.2. The quantitative estimate of drug-likeness (QED) is 0.831. The molecule has 2 rings (SSSR count). The van der Waals surface area contributed by atoms with E-state index in [1.165, 1.54) is 0 Å². The number of likely N-dealkylation sites (tertiary alicyclic amines) is 1. The van der Waals surface area contributed by atoms with Gasteiger partial charge in [0, 0.05) is 26.2 Å². The van der Waals surface area contributed by atoms with Crippen molar-refractivity contribution in [3.8, 4) is 0 Å². The van der Waals surface area contributed by atoms with Crippen molar-refractivity contribution in [3.63, 3.8) is 0 Å². The molecular formula is C15H23N3O2. The lowest BCUT2D eigenvalue weighted by atomic mass is 10.1. The number of hydrogen-bond donors (Lipinski definition) is 2. The van der Waals surface area contributed by atoms with E-state index < -0.39 is 0 Å². The van der Waals surface area contributed by atoms with E-state index in [1.54, 1.807) is 12.3 Å². The zero-order chi connectivity index (χ0) is 14.4. The molecule has 1 aliphatic heterocycles. The normalized spacial score (nSPS) is 18.3. The van der Waals surface area contributed by atoms with Crippen LogP contribution in [0.4, 0.5) is 5.69 Å². The van der Waals surface area contributed by atoms with E-state index in [-0.39, 0.29) is 12.5 Å². The largest absolute Gasteiger partial charge is 0.396 e. The van der Waals surface area contributed by atoms with Gasteiger partial charge in [-0.15, -0.1) is 0 Å². The van der Waals surface area contributed by atoms with E-state index >= 15 is 0 Å². The van der Waals surface area contributed by atoms with E-state index in [4.69, 9.17) is 5.11 Å². The fourth-order valence-corrected chi connectivity index (χ4v) is 2.49. The molecule has 20 heavy (non-hydrogen) atoms. The molecule has 2 N–H and O–H groups in total. The Bertz CT molecular complexity index is 433. The minimum Gasteiger partial charge on any atom is -0.396 e. The fraction of sp³-hybridized carbons (Fsp3) is 0.600. The Morgan fingerprint density at radius 2 is 2.40 bits per heavy atom. The number of nitrogens with zero attached hydrogens (tertiary/aromatic N) is 2. The molecule has 1 amide bonds. The lowest BCUT2D eigenvalue weighted by Crippen LogP contribution is -2.29. The predicted molar refractivity (Wildman–Crippen MR) is 78.7 cm³/mol. The molecule has 5 heteroatoms. The van der Waals surface area contributed by atoms with Crippen molar-refractivity contribution < 1.29 is 9.90 Å². The average molecular weight is 277 g/mol. The van der Waals surface area contributed by atoms with Crippen molar-refractivity contribution in [1.82, 2.24) is 9.88 Å². The van der Waals surface area contributed by atoms with Crippen LogP contribution in [0.1, 0.15) is 36.7 Å². The summed E-state index contributed by atoms with van der Waals surface area (Å²) in [4.78, 5) is 18.4. The highest BCUT2D eigenvalue weighted by Crippen LogP contribution is 2.21. The first-order valence-corrected chi connectivity index (χ1v) is 7.34. The van der Waals surface area contributed by atoms with Crippen LogP contribution in [-0.4, -0.2) is 47.1 Å². The summed E-state index contributed by atoms with van der Waals surface area (Å²) in [6.45, 7) is 4.71. The Kier molecular flexibility index (Phi) is 5.35. The van der Waals surface area contributed by atoms with Crippen LogP contribution in [-0.2, 0) is 0 Å². The molecule has 0 saturated carbocycles. The van der Waals surface area contributed by atoms with Crippen LogP contribution in [0.15, 0.2) is 18.3 Å². The first-order valence-electron chi connectivity index (χ1n) is 7.34. The van der Waals surface area contributed by atoms with Crippen LogP contribution >= 0.6 is 0 Å². The second-order valence-corrected chi connectivity index (χ2v) is 5.28. The zero-order valence-corrected chi connectivity index (χ0v) is 12.0.